The number of hydrogen-bond donors (Lipinski definition) is 2. The summed E-state index contributed by atoms with van der Waals surface area (Å²) < 4.78 is 33.3. The Hall–Kier alpha value is -0.660. The highest BCUT2D eigenvalue weighted by Gasteiger charge is 2.04. The molecule has 0 saturated carbocycles. The van der Waals surface area contributed by atoms with E-state index >= 15 is 0 Å². The van der Waals surface area contributed by atoms with Crippen molar-refractivity contribution < 1.29 is 21.9 Å². The average molecular weight is 422 g/mol. The van der Waals surface area contributed by atoms with Gasteiger partial charge >= 0.3 is 10.4 Å². The predicted octanol–water partition coefficient (Wildman–Crippen LogP) is 5.57. The van der Waals surface area contributed by atoms with Crippen LogP contribution in [0.25, 0.3) is 0 Å². The molecule has 0 spiro atoms. The molecule has 0 aliphatic heterocycles. The summed E-state index contributed by atoms with van der Waals surface area (Å²) in [6.07, 6.45) is 20.4. The molecule has 0 aromatic carbocycles. The topological polar surface area (TPSA) is 92.7 Å². The highest BCUT2D eigenvalue weighted by Crippen LogP contribution is 2.13. The number of rotatable bonds is 21. The second-order valence-corrected chi connectivity index (χ2v) is 8.74. The van der Waals surface area contributed by atoms with Crippen LogP contribution in [0.2, 0.25) is 0 Å². The molecule has 0 unspecified atom stereocenters. The summed E-state index contributed by atoms with van der Waals surface area (Å²) in [6, 6.07) is 0. The molecule has 0 aliphatic rings. The Bertz CT molecular complexity index is 454. The maximum absolute atomic E-state index is 11.6. The van der Waals surface area contributed by atoms with Crippen molar-refractivity contribution in [2.24, 2.45) is 0 Å². The summed E-state index contributed by atoms with van der Waals surface area (Å²) in [5.41, 5.74) is 0. The Balaban J connectivity index is 3.19. The quantitative estimate of drug-likeness (QED) is 0.187. The van der Waals surface area contributed by atoms with Gasteiger partial charge in [-0.25, -0.2) is 4.18 Å². The first-order valence-corrected chi connectivity index (χ1v) is 12.7. The van der Waals surface area contributed by atoms with Gasteiger partial charge in [-0.15, -0.1) is 0 Å². The lowest BCUT2D eigenvalue weighted by Gasteiger charge is -2.05. The third-order valence-electron chi connectivity index (χ3n) is 4.88. The molecule has 0 bridgehead atoms. The Labute approximate surface area is 173 Å². The van der Waals surface area contributed by atoms with E-state index in [9.17, 15) is 13.2 Å². The zero-order valence-corrected chi connectivity index (χ0v) is 18.7. The zero-order valence-electron chi connectivity index (χ0n) is 17.9. The maximum atomic E-state index is 11.6. The van der Waals surface area contributed by atoms with Gasteiger partial charge in [-0.3, -0.25) is 9.35 Å². The van der Waals surface area contributed by atoms with Crippen LogP contribution >= 0.6 is 0 Å². The van der Waals surface area contributed by atoms with Gasteiger partial charge in [0, 0.05) is 13.0 Å². The second kappa shape index (κ2) is 19.6. The van der Waals surface area contributed by atoms with Gasteiger partial charge < -0.3 is 5.32 Å². The highest BCUT2D eigenvalue weighted by atomic mass is 32.3. The minimum atomic E-state index is -4.38. The van der Waals surface area contributed by atoms with Gasteiger partial charge in [0.15, 0.2) is 0 Å². The van der Waals surface area contributed by atoms with Gasteiger partial charge in [-0.05, 0) is 12.8 Å². The standard InChI is InChI=1S/C21H43NO5S/c1-2-3-4-5-6-7-8-9-10-11-12-13-14-15-16-18-21(23)22-19-17-20-27-28(24,25)26/h2-20H2,1H3,(H,22,23)(H,24,25,26). The van der Waals surface area contributed by atoms with Crippen molar-refractivity contribution >= 4 is 16.3 Å². The first-order chi connectivity index (χ1) is 13.5. The van der Waals surface area contributed by atoms with E-state index in [-0.39, 0.29) is 12.5 Å². The van der Waals surface area contributed by atoms with E-state index in [4.69, 9.17) is 4.55 Å². The molecule has 0 aliphatic carbocycles. The SMILES string of the molecule is CCCCCCCCCCCCCCCCCC(=O)NCCCOS(=O)(=O)O. The largest absolute Gasteiger partial charge is 0.397 e. The van der Waals surface area contributed by atoms with Crippen LogP contribution in [0.1, 0.15) is 116 Å². The van der Waals surface area contributed by atoms with Crippen molar-refractivity contribution in [3.8, 4) is 0 Å². The van der Waals surface area contributed by atoms with Crippen LogP contribution in [0, 0.1) is 0 Å². The molecule has 0 radical (unpaired) electrons. The van der Waals surface area contributed by atoms with E-state index in [1.54, 1.807) is 0 Å². The molecule has 0 saturated heterocycles. The maximum Gasteiger partial charge on any atom is 0.397 e. The van der Waals surface area contributed by atoms with Gasteiger partial charge in [0.05, 0.1) is 6.61 Å². The molecule has 0 fully saturated rings. The fraction of sp³-hybridized carbons (Fsp3) is 0.952. The minimum absolute atomic E-state index is 0.0125. The number of unbranched alkanes of at least 4 members (excludes halogenated alkanes) is 14. The zero-order chi connectivity index (χ0) is 20.9. The molecular weight excluding hydrogens is 378 g/mol. The number of nitrogens with one attached hydrogen (secondary N) is 1. The van der Waals surface area contributed by atoms with Gasteiger partial charge in [0.1, 0.15) is 0 Å². The van der Waals surface area contributed by atoms with Crippen LogP contribution in [-0.4, -0.2) is 32.0 Å². The van der Waals surface area contributed by atoms with Gasteiger partial charge in [0.2, 0.25) is 5.91 Å². The Kier molecular flexibility index (Phi) is 19.2. The van der Waals surface area contributed by atoms with E-state index in [0.717, 1.165) is 12.8 Å². The van der Waals surface area contributed by atoms with E-state index < -0.39 is 10.4 Å². The summed E-state index contributed by atoms with van der Waals surface area (Å²) in [5, 5.41) is 2.72. The second-order valence-electron chi connectivity index (χ2n) is 7.65. The minimum Gasteiger partial charge on any atom is -0.356 e. The van der Waals surface area contributed by atoms with E-state index in [2.05, 4.69) is 16.4 Å². The number of hydrogen-bond acceptors (Lipinski definition) is 4. The molecule has 0 aromatic heterocycles. The normalized spacial score (nSPS) is 11.6. The van der Waals surface area contributed by atoms with Crippen molar-refractivity contribution in [1.29, 1.82) is 0 Å². The van der Waals surface area contributed by atoms with Crippen LogP contribution in [0.5, 0.6) is 0 Å². The summed E-state index contributed by atoms with van der Waals surface area (Å²) in [7, 11) is -4.38. The predicted molar refractivity (Wildman–Crippen MR) is 115 cm³/mol. The molecule has 1 amide bonds. The molecule has 0 heterocycles. The summed E-state index contributed by atoms with van der Waals surface area (Å²) >= 11 is 0. The average Bonchev–Trinajstić information content (AvgIpc) is 2.63. The summed E-state index contributed by atoms with van der Waals surface area (Å²) in [4.78, 5) is 11.6. The van der Waals surface area contributed by atoms with Crippen molar-refractivity contribution in [1.82, 2.24) is 5.32 Å². The Morgan fingerprint density at radius 3 is 1.61 bits per heavy atom. The van der Waals surface area contributed by atoms with E-state index in [1.807, 2.05) is 0 Å². The number of carbonyl (C=O) groups is 1. The third-order valence-corrected chi connectivity index (χ3v) is 5.35. The van der Waals surface area contributed by atoms with E-state index in [1.165, 1.54) is 83.5 Å². The fourth-order valence-electron chi connectivity index (χ4n) is 3.21. The van der Waals surface area contributed by atoms with Crippen molar-refractivity contribution in [2.45, 2.75) is 116 Å². The lowest BCUT2D eigenvalue weighted by molar-refractivity contribution is -0.121. The third kappa shape index (κ3) is 23.4. The van der Waals surface area contributed by atoms with Crippen molar-refractivity contribution in [3.63, 3.8) is 0 Å². The van der Waals surface area contributed by atoms with Crippen molar-refractivity contribution in [2.75, 3.05) is 13.2 Å². The molecule has 0 rings (SSSR count). The van der Waals surface area contributed by atoms with Gasteiger partial charge in [-0.1, -0.05) is 96.8 Å². The Morgan fingerprint density at radius 2 is 1.18 bits per heavy atom. The first kappa shape index (κ1) is 27.3. The molecule has 6 nitrogen and oxygen atoms in total. The van der Waals surface area contributed by atoms with Crippen LogP contribution in [0.3, 0.4) is 0 Å². The van der Waals surface area contributed by atoms with E-state index in [0.29, 0.717) is 19.4 Å². The van der Waals surface area contributed by atoms with Crippen LogP contribution < -0.4 is 5.32 Å². The fourth-order valence-corrected chi connectivity index (χ4v) is 3.54. The van der Waals surface area contributed by atoms with Crippen molar-refractivity contribution in [3.05, 3.63) is 0 Å². The number of carbonyl (C=O) groups excluding carboxylic acids is 1. The summed E-state index contributed by atoms with van der Waals surface area (Å²) in [5.74, 6) is -0.0125. The first-order valence-electron chi connectivity index (χ1n) is 11.3. The molecular formula is C21H43NO5S. The highest BCUT2D eigenvalue weighted by molar-refractivity contribution is 7.80. The molecule has 7 heteroatoms. The Morgan fingerprint density at radius 1 is 0.750 bits per heavy atom. The molecule has 168 valence electrons. The molecule has 28 heavy (non-hydrogen) atoms. The number of amides is 1. The molecule has 0 atom stereocenters. The molecule has 0 aromatic rings. The van der Waals surface area contributed by atoms with Crippen LogP contribution in [0.15, 0.2) is 0 Å². The smallest absolute Gasteiger partial charge is 0.356 e. The van der Waals surface area contributed by atoms with Gasteiger partial charge in [0.25, 0.3) is 0 Å². The monoisotopic (exact) mass is 421 g/mol. The lowest BCUT2D eigenvalue weighted by Crippen LogP contribution is -2.25. The van der Waals surface area contributed by atoms with Crippen LogP contribution in [0.4, 0.5) is 0 Å². The summed E-state index contributed by atoms with van der Waals surface area (Å²) in [6.45, 7) is 2.49. The lowest BCUT2D eigenvalue weighted by atomic mass is 10.0. The molecule has 2 N–H and O–H groups in total. The van der Waals surface area contributed by atoms with Gasteiger partial charge in [-0.2, -0.15) is 8.42 Å². The van der Waals surface area contributed by atoms with Crippen LogP contribution in [-0.2, 0) is 19.4 Å².